The Morgan fingerprint density at radius 3 is 1.74 bits per heavy atom. The van der Waals surface area contributed by atoms with Gasteiger partial charge in [-0.1, -0.05) is 140 Å². The third kappa shape index (κ3) is 5.80. The van der Waals surface area contributed by atoms with Crippen molar-refractivity contribution in [2.24, 2.45) is 0 Å². The molecule has 3 heteroatoms. The fraction of sp³-hybridized carbons (Fsp3) is 0. The third-order valence-corrected chi connectivity index (χ3v) is 12.3. The van der Waals surface area contributed by atoms with E-state index in [0.29, 0.717) is 0 Å². The first-order valence-corrected chi connectivity index (χ1v) is 20.2. The maximum atomic E-state index is 2.41. The SMILES string of the molecule is c1ccc(-c2cccc(N(c3ccc(-c4ccc5sc6ccccc6c5c4)cc3)c3ccc4c(c3)c3c(-c5ccccc5)cccc3n4-c3ccccc3)c2)cc1. The Morgan fingerprint density at radius 2 is 0.930 bits per heavy atom. The summed E-state index contributed by atoms with van der Waals surface area (Å²) in [6.45, 7) is 0. The Morgan fingerprint density at radius 1 is 0.333 bits per heavy atom. The molecular formula is C54H36N2S. The van der Waals surface area contributed by atoms with Crippen LogP contribution in [0.15, 0.2) is 218 Å². The number of aromatic nitrogens is 1. The molecule has 0 N–H and O–H groups in total. The maximum absolute atomic E-state index is 2.41. The predicted molar refractivity (Wildman–Crippen MR) is 245 cm³/mol. The average molecular weight is 745 g/mol. The number of benzene rings is 9. The normalized spacial score (nSPS) is 11.5. The van der Waals surface area contributed by atoms with Crippen LogP contribution < -0.4 is 4.90 Å². The molecule has 0 bridgehead atoms. The zero-order valence-electron chi connectivity index (χ0n) is 31.1. The van der Waals surface area contributed by atoms with Crippen LogP contribution in [0.1, 0.15) is 0 Å². The van der Waals surface area contributed by atoms with Crippen molar-refractivity contribution in [1.82, 2.24) is 4.57 Å². The Labute approximate surface area is 335 Å². The molecule has 2 nitrogen and oxygen atoms in total. The van der Waals surface area contributed by atoms with Crippen LogP contribution in [0.4, 0.5) is 17.1 Å². The van der Waals surface area contributed by atoms with Gasteiger partial charge in [0.05, 0.1) is 11.0 Å². The lowest BCUT2D eigenvalue weighted by Gasteiger charge is -2.26. The van der Waals surface area contributed by atoms with Crippen molar-refractivity contribution in [2.45, 2.75) is 0 Å². The smallest absolute Gasteiger partial charge is 0.0547 e. The van der Waals surface area contributed by atoms with Gasteiger partial charge in [-0.05, 0) is 112 Å². The second-order valence-electron chi connectivity index (χ2n) is 14.5. The molecule has 11 aromatic rings. The molecule has 0 fully saturated rings. The van der Waals surface area contributed by atoms with E-state index in [4.69, 9.17) is 0 Å². The predicted octanol–water partition coefficient (Wildman–Crippen LogP) is 15.6. The standard InChI is InChI=1S/C54H36N2S/c1-4-14-37(15-5-1)40-18-12-21-44(34-40)55(43-29-26-38(27-30-43)41-28-33-53-48(35-41)47-22-10-11-25-52(47)57-53)45-31-32-50-49(36-45)54-46(39-16-6-2-7-17-39)23-13-24-51(54)56(50)42-19-8-3-9-20-42/h1-36H. The second-order valence-corrected chi connectivity index (χ2v) is 15.6. The van der Waals surface area contributed by atoms with Crippen LogP contribution in [0.5, 0.6) is 0 Å². The van der Waals surface area contributed by atoms with Crippen LogP contribution in [-0.2, 0) is 0 Å². The lowest BCUT2D eigenvalue weighted by atomic mass is 9.99. The maximum Gasteiger partial charge on any atom is 0.0547 e. The number of thiophene rings is 1. The minimum absolute atomic E-state index is 1.10. The van der Waals surface area contributed by atoms with Gasteiger partial charge in [-0.2, -0.15) is 0 Å². The fourth-order valence-corrected chi connectivity index (χ4v) is 9.61. The minimum atomic E-state index is 1.10. The Kier molecular flexibility index (Phi) is 8.04. The van der Waals surface area contributed by atoms with Crippen LogP contribution in [0.25, 0.3) is 81.0 Å². The molecule has 57 heavy (non-hydrogen) atoms. The number of nitrogens with zero attached hydrogens (tertiary/aromatic N) is 2. The minimum Gasteiger partial charge on any atom is -0.310 e. The van der Waals surface area contributed by atoms with Gasteiger partial charge in [0.25, 0.3) is 0 Å². The topological polar surface area (TPSA) is 8.17 Å². The molecule has 0 atom stereocenters. The third-order valence-electron chi connectivity index (χ3n) is 11.2. The van der Waals surface area contributed by atoms with Crippen LogP contribution in [0, 0.1) is 0 Å². The quantitative estimate of drug-likeness (QED) is 0.158. The molecule has 0 radical (unpaired) electrons. The Bertz CT molecular complexity index is 3220. The highest BCUT2D eigenvalue weighted by Crippen LogP contribution is 2.44. The van der Waals surface area contributed by atoms with E-state index >= 15 is 0 Å². The first-order valence-electron chi connectivity index (χ1n) is 19.4. The monoisotopic (exact) mass is 744 g/mol. The number of rotatable bonds is 7. The van der Waals surface area contributed by atoms with Gasteiger partial charge in [-0.3, -0.25) is 0 Å². The molecule has 0 amide bonds. The van der Waals surface area contributed by atoms with E-state index in [9.17, 15) is 0 Å². The number of hydrogen-bond acceptors (Lipinski definition) is 2. The van der Waals surface area contributed by atoms with Crippen molar-refractivity contribution in [3.05, 3.63) is 218 Å². The lowest BCUT2D eigenvalue weighted by molar-refractivity contribution is 1.18. The summed E-state index contributed by atoms with van der Waals surface area (Å²) in [6.07, 6.45) is 0. The molecule has 2 aromatic heterocycles. The van der Waals surface area contributed by atoms with Crippen molar-refractivity contribution in [3.63, 3.8) is 0 Å². The average Bonchev–Trinajstić information content (AvgIpc) is 3.83. The summed E-state index contributed by atoms with van der Waals surface area (Å²) in [5.74, 6) is 0. The molecule has 0 saturated heterocycles. The van der Waals surface area contributed by atoms with Crippen LogP contribution in [-0.4, -0.2) is 4.57 Å². The zero-order valence-corrected chi connectivity index (χ0v) is 31.9. The van der Waals surface area contributed by atoms with E-state index in [1.54, 1.807) is 0 Å². The lowest BCUT2D eigenvalue weighted by Crippen LogP contribution is -2.10. The van der Waals surface area contributed by atoms with Crippen molar-refractivity contribution in [1.29, 1.82) is 0 Å². The van der Waals surface area contributed by atoms with E-state index in [0.717, 1.165) is 22.7 Å². The first-order chi connectivity index (χ1) is 28.3. The van der Waals surface area contributed by atoms with Crippen molar-refractivity contribution in [3.8, 4) is 39.1 Å². The molecule has 0 spiro atoms. The summed E-state index contributed by atoms with van der Waals surface area (Å²) >= 11 is 1.86. The van der Waals surface area contributed by atoms with E-state index in [1.807, 2.05) is 11.3 Å². The highest BCUT2D eigenvalue weighted by atomic mass is 32.1. The second kappa shape index (κ2) is 13.8. The fourth-order valence-electron chi connectivity index (χ4n) is 8.52. The highest BCUT2D eigenvalue weighted by molar-refractivity contribution is 7.25. The summed E-state index contributed by atoms with van der Waals surface area (Å²) in [6, 6.07) is 79.4. The number of hydrogen-bond donors (Lipinski definition) is 0. The van der Waals surface area contributed by atoms with Gasteiger partial charge >= 0.3 is 0 Å². The number of para-hydroxylation sites is 1. The summed E-state index contributed by atoms with van der Waals surface area (Å²) in [7, 11) is 0. The van der Waals surface area contributed by atoms with Gasteiger partial charge in [0, 0.05) is 53.7 Å². The Balaban J connectivity index is 1.11. The van der Waals surface area contributed by atoms with Crippen LogP contribution in [0.3, 0.4) is 0 Å². The van der Waals surface area contributed by atoms with E-state index in [-0.39, 0.29) is 0 Å². The van der Waals surface area contributed by atoms with Crippen LogP contribution >= 0.6 is 11.3 Å². The van der Waals surface area contributed by atoms with Gasteiger partial charge in [-0.25, -0.2) is 0 Å². The molecule has 11 rings (SSSR count). The van der Waals surface area contributed by atoms with Crippen molar-refractivity contribution >= 4 is 70.4 Å². The Hall–Kier alpha value is -7.20. The van der Waals surface area contributed by atoms with Gasteiger partial charge in [0.2, 0.25) is 0 Å². The molecule has 0 aliphatic heterocycles. The zero-order chi connectivity index (χ0) is 37.7. The molecule has 2 heterocycles. The summed E-state index contributed by atoms with van der Waals surface area (Å²) in [4.78, 5) is 2.40. The number of fused-ring (bicyclic) bond motifs is 6. The van der Waals surface area contributed by atoms with Crippen molar-refractivity contribution < 1.29 is 0 Å². The van der Waals surface area contributed by atoms with Gasteiger partial charge < -0.3 is 9.47 Å². The summed E-state index contributed by atoms with van der Waals surface area (Å²) in [5, 5.41) is 5.09. The number of anilines is 3. The summed E-state index contributed by atoms with van der Waals surface area (Å²) < 4.78 is 5.05. The highest BCUT2D eigenvalue weighted by Gasteiger charge is 2.20. The van der Waals surface area contributed by atoms with E-state index < -0.39 is 0 Å². The molecule has 0 unspecified atom stereocenters. The van der Waals surface area contributed by atoms with E-state index in [1.165, 1.54) is 75.4 Å². The van der Waals surface area contributed by atoms with Gasteiger partial charge in [0.1, 0.15) is 0 Å². The van der Waals surface area contributed by atoms with Gasteiger partial charge in [0.15, 0.2) is 0 Å². The molecule has 0 aliphatic rings. The molecule has 268 valence electrons. The molecule has 9 aromatic carbocycles. The van der Waals surface area contributed by atoms with Gasteiger partial charge in [-0.15, -0.1) is 11.3 Å². The van der Waals surface area contributed by atoms with E-state index in [2.05, 4.69) is 228 Å². The molecule has 0 saturated carbocycles. The van der Waals surface area contributed by atoms with Crippen molar-refractivity contribution in [2.75, 3.05) is 4.90 Å². The molecular weight excluding hydrogens is 709 g/mol. The summed E-state index contributed by atoms with van der Waals surface area (Å²) in [5.41, 5.74) is 14.0. The molecule has 0 aliphatic carbocycles. The largest absolute Gasteiger partial charge is 0.310 e. The first kappa shape index (κ1) is 33.2. The van der Waals surface area contributed by atoms with Crippen LogP contribution in [0.2, 0.25) is 0 Å².